The van der Waals surface area contributed by atoms with E-state index in [-0.39, 0.29) is 0 Å². The first-order valence-electron chi connectivity index (χ1n) is 6.64. The lowest BCUT2D eigenvalue weighted by atomic mass is 9.98. The van der Waals surface area contributed by atoms with Gasteiger partial charge < -0.3 is 4.74 Å². The number of unbranched alkanes of at least 4 members (excludes halogenated alkanes) is 1. The summed E-state index contributed by atoms with van der Waals surface area (Å²) in [5, 5.41) is 0.782. The van der Waals surface area contributed by atoms with Crippen molar-refractivity contribution in [3.8, 4) is 0 Å². The molecule has 1 nitrogen and oxygen atoms in total. The molecule has 3 heteroatoms. The van der Waals surface area contributed by atoms with Crippen LogP contribution < -0.4 is 0 Å². The van der Waals surface area contributed by atoms with Crippen LogP contribution in [-0.4, -0.2) is 19.1 Å². The summed E-state index contributed by atoms with van der Waals surface area (Å²) in [5.74, 6) is 1.16. The number of rotatable bonds is 9. The molecule has 18 heavy (non-hydrogen) atoms. The fraction of sp³-hybridized carbons (Fsp3) is 0.600. The second-order valence-corrected chi connectivity index (χ2v) is 5.35. The highest BCUT2D eigenvalue weighted by Crippen LogP contribution is 2.16. The Kier molecular flexibility index (Phi) is 8.49. The van der Waals surface area contributed by atoms with Gasteiger partial charge in [-0.3, -0.25) is 0 Å². The Balaban J connectivity index is 2.26. The normalized spacial score (nSPS) is 12.6. The molecule has 0 saturated carbocycles. The van der Waals surface area contributed by atoms with Gasteiger partial charge in [0, 0.05) is 24.1 Å². The molecule has 0 aromatic heterocycles. The van der Waals surface area contributed by atoms with Gasteiger partial charge >= 0.3 is 0 Å². The molecule has 102 valence electrons. The molecule has 1 atom stereocenters. The molecule has 0 saturated heterocycles. The van der Waals surface area contributed by atoms with E-state index in [4.69, 9.17) is 27.9 Å². The van der Waals surface area contributed by atoms with Crippen molar-refractivity contribution < 1.29 is 4.74 Å². The van der Waals surface area contributed by atoms with Crippen molar-refractivity contribution in [2.75, 3.05) is 19.1 Å². The topological polar surface area (TPSA) is 9.23 Å². The van der Waals surface area contributed by atoms with Crippen molar-refractivity contribution in [3.63, 3.8) is 0 Å². The van der Waals surface area contributed by atoms with Gasteiger partial charge in [0.2, 0.25) is 0 Å². The zero-order chi connectivity index (χ0) is 13.2. The largest absolute Gasteiger partial charge is 0.381 e. The molecule has 1 aromatic rings. The summed E-state index contributed by atoms with van der Waals surface area (Å²) in [7, 11) is 0. The maximum absolute atomic E-state index is 6.01. The third kappa shape index (κ3) is 6.63. The van der Waals surface area contributed by atoms with Crippen LogP contribution in [-0.2, 0) is 11.2 Å². The predicted molar refractivity (Wildman–Crippen MR) is 79.7 cm³/mol. The van der Waals surface area contributed by atoms with Crippen LogP contribution >= 0.6 is 23.2 Å². The Morgan fingerprint density at radius 2 is 1.89 bits per heavy atom. The summed E-state index contributed by atoms with van der Waals surface area (Å²) < 4.78 is 5.58. The summed E-state index contributed by atoms with van der Waals surface area (Å²) in [6.45, 7) is 3.85. The molecule has 0 amide bonds. The molecule has 0 aliphatic heterocycles. The van der Waals surface area contributed by atoms with Crippen molar-refractivity contribution >= 4 is 23.2 Å². The van der Waals surface area contributed by atoms with Crippen molar-refractivity contribution in [2.45, 2.75) is 32.6 Å². The highest BCUT2D eigenvalue weighted by molar-refractivity contribution is 6.30. The average Bonchev–Trinajstić information content (AvgIpc) is 2.39. The Labute approximate surface area is 120 Å². The SMILES string of the molecule is CCCCOCCC(CCl)Cc1ccc(Cl)cc1. The Morgan fingerprint density at radius 1 is 1.17 bits per heavy atom. The molecular formula is C15H22Cl2O. The predicted octanol–water partition coefficient (Wildman–Crippen LogP) is 4.94. The van der Waals surface area contributed by atoms with E-state index < -0.39 is 0 Å². The monoisotopic (exact) mass is 288 g/mol. The molecule has 0 radical (unpaired) electrons. The number of alkyl halides is 1. The maximum atomic E-state index is 6.01. The van der Waals surface area contributed by atoms with Gasteiger partial charge in [-0.2, -0.15) is 0 Å². The number of benzene rings is 1. The first kappa shape index (κ1) is 15.8. The van der Waals surface area contributed by atoms with Gasteiger partial charge in [0.25, 0.3) is 0 Å². The van der Waals surface area contributed by atoms with Crippen LogP contribution in [0.25, 0.3) is 0 Å². The first-order valence-corrected chi connectivity index (χ1v) is 7.55. The van der Waals surface area contributed by atoms with Crippen molar-refractivity contribution in [2.24, 2.45) is 5.92 Å². The maximum Gasteiger partial charge on any atom is 0.0469 e. The summed E-state index contributed by atoms with van der Waals surface area (Å²) >= 11 is 11.9. The third-order valence-corrected chi connectivity index (χ3v) is 3.66. The Hall–Kier alpha value is -0.240. The lowest BCUT2D eigenvalue weighted by Crippen LogP contribution is -2.10. The fourth-order valence-corrected chi connectivity index (χ4v) is 2.18. The van der Waals surface area contributed by atoms with Crippen LogP contribution in [0.4, 0.5) is 0 Å². The third-order valence-electron chi connectivity index (χ3n) is 2.97. The zero-order valence-electron chi connectivity index (χ0n) is 11.0. The van der Waals surface area contributed by atoms with Gasteiger partial charge in [-0.05, 0) is 42.9 Å². The fourth-order valence-electron chi connectivity index (χ4n) is 1.79. The van der Waals surface area contributed by atoms with E-state index in [2.05, 4.69) is 19.1 Å². The summed E-state index contributed by atoms with van der Waals surface area (Å²) in [5.41, 5.74) is 1.29. The van der Waals surface area contributed by atoms with Gasteiger partial charge in [-0.25, -0.2) is 0 Å². The van der Waals surface area contributed by atoms with Gasteiger partial charge in [0.15, 0.2) is 0 Å². The number of halogens is 2. The molecule has 0 N–H and O–H groups in total. The lowest BCUT2D eigenvalue weighted by molar-refractivity contribution is 0.119. The first-order chi connectivity index (χ1) is 8.76. The minimum Gasteiger partial charge on any atom is -0.381 e. The van der Waals surface area contributed by atoms with E-state index >= 15 is 0 Å². The zero-order valence-corrected chi connectivity index (χ0v) is 12.5. The molecule has 0 aliphatic rings. The molecule has 1 aromatic carbocycles. The lowest BCUT2D eigenvalue weighted by Gasteiger charge is -2.14. The van der Waals surface area contributed by atoms with Crippen molar-refractivity contribution in [3.05, 3.63) is 34.9 Å². The average molecular weight is 289 g/mol. The summed E-state index contributed by atoms with van der Waals surface area (Å²) in [6.07, 6.45) is 4.35. The van der Waals surface area contributed by atoms with E-state index in [1.54, 1.807) is 0 Å². The summed E-state index contributed by atoms with van der Waals surface area (Å²) in [4.78, 5) is 0. The molecule has 0 aliphatic carbocycles. The quantitative estimate of drug-likeness (QED) is 0.462. The van der Waals surface area contributed by atoms with E-state index in [9.17, 15) is 0 Å². The number of ether oxygens (including phenoxy) is 1. The van der Waals surface area contributed by atoms with Gasteiger partial charge in [-0.15, -0.1) is 11.6 Å². The van der Waals surface area contributed by atoms with E-state index in [0.29, 0.717) is 11.8 Å². The van der Waals surface area contributed by atoms with Crippen molar-refractivity contribution in [1.29, 1.82) is 0 Å². The van der Waals surface area contributed by atoms with E-state index in [1.807, 2.05) is 12.1 Å². The Morgan fingerprint density at radius 3 is 2.50 bits per heavy atom. The van der Waals surface area contributed by atoms with E-state index in [0.717, 1.165) is 37.5 Å². The molecule has 0 heterocycles. The highest BCUT2D eigenvalue weighted by atomic mass is 35.5. The second-order valence-electron chi connectivity index (χ2n) is 4.61. The summed E-state index contributed by atoms with van der Waals surface area (Å²) in [6, 6.07) is 8.00. The van der Waals surface area contributed by atoms with Crippen LogP contribution in [0, 0.1) is 5.92 Å². The van der Waals surface area contributed by atoms with Crippen LogP contribution in [0.3, 0.4) is 0 Å². The number of hydrogen-bond acceptors (Lipinski definition) is 1. The standard InChI is InChI=1S/C15H22Cl2O/c1-2-3-9-18-10-8-14(12-16)11-13-4-6-15(17)7-5-13/h4-7,14H,2-3,8-12H2,1H3. The van der Waals surface area contributed by atoms with Gasteiger partial charge in [0.05, 0.1) is 0 Å². The minimum atomic E-state index is 0.481. The van der Waals surface area contributed by atoms with E-state index in [1.165, 1.54) is 12.0 Å². The van der Waals surface area contributed by atoms with Crippen LogP contribution in [0.15, 0.2) is 24.3 Å². The molecule has 1 unspecified atom stereocenters. The minimum absolute atomic E-state index is 0.481. The molecule has 1 rings (SSSR count). The van der Waals surface area contributed by atoms with Crippen LogP contribution in [0.2, 0.25) is 5.02 Å². The molecule has 0 fully saturated rings. The molecule has 0 spiro atoms. The van der Waals surface area contributed by atoms with Crippen LogP contribution in [0.1, 0.15) is 31.7 Å². The highest BCUT2D eigenvalue weighted by Gasteiger charge is 2.08. The second kappa shape index (κ2) is 9.66. The van der Waals surface area contributed by atoms with Crippen molar-refractivity contribution in [1.82, 2.24) is 0 Å². The Bertz CT molecular complexity index is 311. The van der Waals surface area contributed by atoms with Gasteiger partial charge in [-0.1, -0.05) is 37.1 Å². The van der Waals surface area contributed by atoms with Crippen LogP contribution in [0.5, 0.6) is 0 Å². The van der Waals surface area contributed by atoms with Gasteiger partial charge in [0.1, 0.15) is 0 Å². The number of hydrogen-bond donors (Lipinski definition) is 0. The smallest absolute Gasteiger partial charge is 0.0469 e. The molecular weight excluding hydrogens is 267 g/mol. The molecule has 0 bridgehead atoms.